The van der Waals surface area contributed by atoms with Crippen molar-refractivity contribution in [1.82, 2.24) is 29.3 Å². The van der Waals surface area contributed by atoms with E-state index >= 15 is 0 Å². The van der Waals surface area contributed by atoms with E-state index < -0.39 is 0 Å². The topological polar surface area (TPSA) is 119 Å². The van der Waals surface area contributed by atoms with Gasteiger partial charge in [-0.3, -0.25) is 24.2 Å². The smallest absolute Gasteiger partial charge is 0.260 e. The van der Waals surface area contributed by atoms with Crippen molar-refractivity contribution in [1.29, 1.82) is 0 Å². The van der Waals surface area contributed by atoms with Gasteiger partial charge in [0.2, 0.25) is 5.91 Å². The zero-order valence-electron chi connectivity index (χ0n) is 21.7. The molecule has 0 aromatic carbocycles. The second kappa shape index (κ2) is 9.61. The SMILES string of the molecule is Cc1ncc(NC(=O)CN2CCCC2(C)C)cc1NC(=O)c1cnn2cc(-c3cnn4c3COCC4)sc12. The van der Waals surface area contributed by atoms with Crippen LogP contribution in [-0.2, 0) is 22.7 Å². The minimum atomic E-state index is -0.291. The molecule has 2 amide bonds. The first-order valence-corrected chi connectivity index (χ1v) is 13.5. The van der Waals surface area contributed by atoms with Crippen LogP contribution in [0.1, 0.15) is 48.4 Å². The number of thiazole rings is 1. The molecule has 0 spiro atoms. The number of rotatable bonds is 6. The summed E-state index contributed by atoms with van der Waals surface area (Å²) in [6, 6.07) is 1.74. The van der Waals surface area contributed by atoms with Crippen molar-refractivity contribution < 1.29 is 14.3 Å². The van der Waals surface area contributed by atoms with E-state index in [0.717, 1.165) is 46.9 Å². The number of aryl methyl sites for hydroxylation is 1. The molecule has 2 N–H and O–H groups in total. The molecule has 0 bridgehead atoms. The molecule has 2 aliphatic rings. The Balaban J connectivity index is 1.18. The van der Waals surface area contributed by atoms with E-state index in [2.05, 4.69) is 44.6 Å². The van der Waals surface area contributed by atoms with Crippen LogP contribution >= 0.6 is 11.3 Å². The van der Waals surface area contributed by atoms with Gasteiger partial charge in [-0.05, 0) is 46.2 Å². The summed E-state index contributed by atoms with van der Waals surface area (Å²) in [6.07, 6.45) is 9.10. The predicted octanol–water partition coefficient (Wildman–Crippen LogP) is 3.56. The Bertz CT molecular complexity index is 1530. The second-order valence-corrected chi connectivity index (χ2v) is 11.4. The molecule has 6 heterocycles. The number of hydrogen-bond acceptors (Lipinski definition) is 8. The summed E-state index contributed by atoms with van der Waals surface area (Å²) < 4.78 is 9.28. The molecule has 0 unspecified atom stereocenters. The zero-order chi connectivity index (χ0) is 26.4. The van der Waals surface area contributed by atoms with E-state index in [4.69, 9.17) is 4.74 Å². The highest BCUT2D eigenvalue weighted by Gasteiger charge is 2.33. The highest BCUT2D eigenvalue weighted by molar-refractivity contribution is 7.21. The van der Waals surface area contributed by atoms with E-state index in [9.17, 15) is 9.59 Å². The van der Waals surface area contributed by atoms with Crippen molar-refractivity contribution in [3.05, 3.63) is 47.8 Å². The fourth-order valence-electron chi connectivity index (χ4n) is 5.10. The maximum absolute atomic E-state index is 13.3. The largest absolute Gasteiger partial charge is 0.373 e. The maximum Gasteiger partial charge on any atom is 0.260 e. The normalized spacial score (nSPS) is 17.0. The summed E-state index contributed by atoms with van der Waals surface area (Å²) >= 11 is 1.48. The third-order valence-electron chi connectivity index (χ3n) is 7.37. The molecule has 2 aliphatic heterocycles. The Kier molecular flexibility index (Phi) is 6.25. The number of ether oxygens (including phenoxy) is 1. The molecule has 198 valence electrons. The van der Waals surface area contributed by atoms with E-state index in [1.807, 2.05) is 24.0 Å². The van der Waals surface area contributed by atoms with Crippen molar-refractivity contribution in [3.63, 3.8) is 0 Å². The van der Waals surface area contributed by atoms with Gasteiger partial charge < -0.3 is 15.4 Å². The molecule has 1 saturated heterocycles. The second-order valence-electron chi connectivity index (χ2n) is 10.4. The Morgan fingerprint density at radius 2 is 2.03 bits per heavy atom. The van der Waals surface area contributed by atoms with Crippen molar-refractivity contribution in [3.8, 4) is 10.4 Å². The van der Waals surface area contributed by atoms with Gasteiger partial charge in [-0.25, -0.2) is 4.52 Å². The third kappa shape index (κ3) is 4.59. The molecule has 11 nitrogen and oxygen atoms in total. The number of pyridine rings is 1. The van der Waals surface area contributed by atoms with Crippen LogP contribution in [0.3, 0.4) is 0 Å². The van der Waals surface area contributed by atoms with Crippen LogP contribution in [-0.4, -0.2) is 66.3 Å². The molecule has 4 aromatic heterocycles. The number of carbonyl (C=O) groups excluding carboxylic acids is 2. The molecular weight excluding hydrogens is 504 g/mol. The number of nitrogens with one attached hydrogen (secondary N) is 2. The molecule has 0 radical (unpaired) electrons. The average Bonchev–Trinajstić information content (AvgIpc) is 3.64. The molecule has 38 heavy (non-hydrogen) atoms. The Hall–Kier alpha value is -3.61. The molecule has 6 rings (SSSR count). The first-order valence-electron chi connectivity index (χ1n) is 12.7. The van der Waals surface area contributed by atoms with Crippen LogP contribution in [0.5, 0.6) is 0 Å². The molecule has 4 aromatic rings. The fourth-order valence-corrected chi connectivity index (χ4v) is 6.19. The van der Waals surface area contributed by atoms with E-state index in [-0.39, 0.29) is 17.4 Å². The van der Waals surface area contributed by atoms with Crippen LogP contribution in [0.4, 0.5) is 11.4 Å². The fraction of sp³-hybridized carbons (Fsp3) is 0.423. The van der Waals surface area contributed by atoms with Crippen LogP contribution < -0.4 is 10.6 Å². The molecule has 12 heteroatoms. The molecule has 0 atom stereocenters. The van der Waals surface area contributed by atoms with Gasteiger partial charge in [0.05, 0.1) is 78.1 Å². The van der Waals surface area contributed by atoms with Crippen molar-refractivity contribution >= 4 is 39.4 Å². The lowest BCUT2D eigenvalue weighted by Gasteiger charge is -2.30. The van der Waals surface area contributed by atoms with Gasteiger partial charge in [-0.2, -0.15) is 10.2 Å². The average molecular weight is 535 g/mol. The first-order chi connectivity index (χ1) is 18.3. The van der Waals surface area contributed by atoms with Gasteiger partial charge in [0, 0.05) is 17.3 Å². The van der Waals surface area contributed by atoms with E-state index in [1.54, 1.807) is 23.0 Å². The van der Waals surface area contributed by atoms with Crippen LogP contribution in [0.25, 0.3) is 15.3 Å². The number of aromatic nitrogens is 5. The first kappa shape index (κ1) is 24.7. The summed E-state index contributed by atoms with van der Waals surface area (Å²) in [4.78, 5) is 34.3. The highest BCUT2D eigenvalue weighted by Crippen LogP contribution is 2.34. The number of likely N-dealkylation sites (tertiary alicyclic amines) is 1. The van der Waals surface area contributed by atoms with Gasteiger partial charge in [-0.15, -0.1) is 11.3 Å². The summed E-state index contributed by atoms with van der Waals surface area (Å²) in [5, 5.41) is 14.7. The molecule has 0 saturated carbocycles. The minimum Gasteiger partial charge on any atom is -0.373 e. The van der Waals surface area contributed by atoms with Crippen LogP contribution in [0, 0.1) is 6.92 Å². The Labute approximate surface area is 223 Å². The lowest BCUT2D eigenvalue weighted by atomic mass is 10.0. The van der Waals surface area contributed by atoms with Crippen LogP contribution in [0.2, 0.25) is 0 Å². The van der Waals surface area contributed by atoms with E-state index in [1.165, 1.54) is 11.3 Å². The van der Waals surface area contributed by atoms with Gasteiger partial charge in [0.25, 0.3) is 5.91 Å². The van der Waals surface area contributed by atoms with Gasteiger partial charge in [-0.1, -0.05) is 0 Å². The number of nitrogens with zero attached hydrogens (tertiary/aromatic N) is 6. The lowest BCUT2D eigenvalue weighted by molar-refractivity contribution is -0.118. The van der Waals surface area contributed by atoms with Gasteiger partial charge >= 0.3 is 0 Å². The minimum absolute atomic E-state index is 0.0197. The number of carbonyl (C=O) groups is 2. The highest BCUT2D eigenvalue weighted by atomic mass is 32.1. The van der Waals surface area contributed by atoms with Crippen molar-refractivity contribution in [2.24, 2.45) is 0 Å². The molecular formula is C26H30N8O3S. The van der Waals surface area contributed by atoms with Crippen molar-refractivity contribution in [2.45, 2.75) is 52.3 Å². The predicted molar refractivity (Wildman–Crippen MR) is 144 cm³/mol. The monoisotopic (exact) mass is 534 g/mol. The summed E-state index contributed by atoms with van der Waals surface area (Å²) in [7, 11) is 0. The number of amides is 2. The third-order valence-corrected chi connectivity index (χ3v) is 8.51. The number of fused-ring (bicyclic) bond motifs is 2. The maximum atomic E-state index is 13.3. The quantitative estimate of drug-likeness (QED) is 0.388. The summed E-state index contributed by atoms with van der Waals surface area (Å²) in [6.45, 7) is 9.28. The Morgan fingerprint density at radius 3 is 2.84 bits per heavy atom. The molecule has 0 aliphatic carbocycles. The number of hydrogen-bond donors (Lipinski definition) is 2. The van der Waals surface area contributed by atoms with Crippen molar-refractivity contribution in [2.75, 3.05) is 30.3 Å². The lowest BCUT2D eigenvalue weighted by Crippen LogP contribution is -2.42. The molecule has 1 fully saturated rings. The summed E-state index contributed by atoms with van der Waals surface area (Å²) in [5.41, 5.74) is 4.23. The summed E-state index contributed by atoms with van der Waals surface area (Å²) in [5.74, 6) is -0.388. The Morgan fingerprint density at radius 1 is 1.16 bits per heavy atom. The van der Waals surface area contributed by atoms with Gasteiger partial charge in [0.15, 0.2) is 0 Å². The van der Waals surface area contributed by atoms with Crippen LogP contribution in [0.15, 0.2) is 30.9 Å². The standard InChI is InChI=1S/C26H30N8O3S/c1-16-20(9-17(10-27-16)30-23(35)14-32-6-4-5-26(32,2)3)31-24(36)19-12-29-34-13-22(38-25(19)34)18-11-28-33-7-8-37-15-21(18)33/h9-13H,4-8,14-15H2,1-3H3,(H,30,35)(H,31,36). The van der Waals surface area contributed by atoms with Gasteiger partial charge in [0.1, 0.15) is 4.83 Å². The number of anilines is 2. The van der Waals surface area contributed by atoms with E-state index in [0.29, 0.717) is 42.4 Å². The zero-order valence-corrected chi connectivity index (χ0v) is 22.5.